The molecule has 1 unspecified atom stereocenters. The highest BCUT2D eigenvalue weighted by molar-refractivity contribution is 9.10. The Morgan fingerprint density at radius 2 is 2.21 bits per heavy atom. The van der Waals surface area contributed by atoms with Crippen LogP contribution in [0.5, 0.6) is 0 Å². The second-order valence-electron chi connectivity index (χ2n) is 4.61. The van der Waals surface area contributed by atoms with Gasteiger partial charge in [-0.2, -0.15) is 0 Å². The van der Waals surface area contributed by atoms with Crippen LogP contribution in [0.2, 0.25) is 0 Å². The summed E-state index contributed by atoms with van der Waals surface area (Å²) in [4.78, 5) is 12.0. The molecule has 1 fully saturated rings. The fourth-order valence-corrected chi connectivity index (χ4v) is 2.70. The first-order valence-corrected chi connectivity index (χ1v) is 7.17. The lowest BCUT2D eigenvalue weighted by Gasteiger charge is -2.29. The maximum atomic E-state index is 12.0. The second kappa shape index (κ2) is 6.91. The number of rotatable bonds is 4. The minimum absolute atomic E-state index is 0.216. The molecule has 0 aromatic heterocycles. The predicted molar refractivity (Wildman–Crippen MR) is 77.1 cm³/mol. The minimum Gasteiger partial charge on any atom is -0.467 e. The molecule has 19 heavy (non-hydrogen) atoms. The van der Waals surface area contributed by atoms with Crippen molar-refractivity contribution < 1.29 is 14.3 Å². The van der Waals surface area contributed by atoms with Gasteiger partial charge in [0.1, 0.15) is 6.04 Å². The summed E-state index contributed by atoms with van der Waals surface area (Å²) in [5, 5.41) is 3.28. The van der Waals surface area contributed by atoms with Crippen LogP contribution in [-0.2, 0) is 14.3 Å². The van der Waals surface area contributed by atoms with Crippen LogP contribution in [0.4, 0.5) is 5.69 Å². The Hall–Kier alpha value is -1.07. The molecule has 0 aliphatic carbocycles. The van der Waals surface area contributed by atoms with Gasteiger partial charge in [-0.05, 0) is 37.0 Å². The first-order chi connectivity index (χ1) is 9.20. The molecule has 5 heteroatoms. The molecule has 104 valence electrons. The van der Waals surface area contributed by atoms with Gasteiger partial charge in [0, 0.05) is 23.4 Å². The fraction of sp³-hybridized carbons (Fsp3) is 0.500. The summed E-state index contributed by atoms with van der Waals surface area (Å²) in [6.07, 6.45) is 1.75. The van der Waals surface area contributed by atoms with Crippen molar-refractivity contribution in [3.05, 3.63) is 28.7 Å². The van der Waals surface area contributed by atoms with E-state index >= 15 is 0 Å². The number of methoxy groups -OCH3 is 1. The Morgan fingerprint density at radius 1 is 1.47 bits per heavy atom. The highest BCUT2D eigenvalue weighted by Gasteiger charge is 2.30. The number of nitrogens with one attached hydrogen (secondary N) is 1. The van der Waals surface area contributed by atoms with Gasteiger partial charge in [-0.1, -0.05) is 22.0 Å². The zero-order chi connectivity index (χ0) is 13.7. The number of carbonyl (C=O) groups excluding carboxylic acids is 1. The van der Waals surface area contributed by atoms with Crippen molar-refractivity contribution >= 4 is 27.6 Å². The number of hydrogen-bond donors (Lipinski definition) is 1. The summed E-state index contributed by atoms with van der Waals surface area (Å²) in [5.74, 6) is 0.0343. The normalized spacial score (nSPS) is 17.8. The summed E-state index contributed by atoms with van der Waals surface area (Å²) in [6.45, 7) is 1.41. The molecule has 0 bridgehead atoms. The van der Waals surface area contributed by atoms with Crippen LogP contribution in [0.25, 0.3) is 0 Å². The SMILES string of the molecule is COC(=O)C(Nc1cccc(Br)c1)C1CCOCC1. The zero-order valence-electron chi connectivity index (χ0n) is 10.9. The molecule has 1 aliphatic heterocycles. The summed E-state index contributed by atoms with van der Waals surface area (Å²) < 4.78 is 11.2. The van der Waals surface area contributed by atoms with Crippen molar-refractivity contribution in [2.45, 2.75) is 18.9 Å². The number of hydrogen-bond acceptors (Lipinski definition) is 4. The molecule has 0 radical (unpaired) electrons. The van der Waals surface area contributed by atoms with Crippen molar-refractivity contribution in [1.82, 2.24) is 0 Å². The van der Waals surface area contributed by atoms with Gasteiger partial charge in [0.05, 0.1) is 7.11 Å². The molecule has 1 saturated heterocycles. The van der Waals surface area contributed by atoms with Gasteiger partial charge in [-0.15, -0.1) is 0 Å². The van der Waals surface area contributed by atoms with Crippen LogP contribution in [0.1, 0.15) is 12.8 Å². The summed E-state index contributed by atoms with van der Waals surface area (Å²) in [7, 11) is 1.43. The van der Waals surface area contributed by atoms with Crippen LogP contribution in [0, 0.1) is 5.92 Å². The summed E-state index contributed by atoms with van der Waals surface area (Å²) >= 11 is 3.43. The van der Waals surface area contributed by atoms with Crippen LogP contribution in [0.3, 0.4) is 0 Å². The van der Waals surface area contributed by atoms with E-state index < -0.39 is 0 Å². The molecule has 2 rings (SSSR count). The number of esters is 1. The molecule has 1 aromatic carbocycles. The number of ether oxygens (including phenoxy) is 2. The Labute approximate surface area is 121 Å². The van der Waals surface area contributed by atoms with Crippen molar-refractivity contribution in [3.63, 3.8) is 0 Å². The van der Waals surface area contributed by atoms with Gasteiger partial charge < -0.3 is 14.8 Å². The number of carbonyl (C=O) groups is 1. The first-order valence-electron chi connectivity index (χ1n) is 6.38. The monoisotopic (exact) mass is 327 g/mol. The molecule has 1 atom stereocenters. The minimum atomic E-state index is -0.316. The Bertz CT molecular complexity index is 432. The van der Waals surface area contributed by atoms with Gasteiger partial charge in [0.2, 0.25) is 0 Å². The third kappa shape index (κ3) is 3.94. The van der Waals surface area contributed by atoms with Gasteiger partial charge >= 0.3 is 5.97 Å². The van der Waals surface area contributed by atoms with Crippen molar-refractivity contribution in [2.24, 2.45) is 5.92 Å². The van der Waals surface area contributed by atoms with Crippen LogP contribution in [0.15, 0.2) is 28.7 Å². The van der Waals surface area contributed by atoms with E-state index in [0.717, 1.165) is 23.0 Å². The maximum absolute atomic E-state index is 12.0. The molecule has 1 N–H and O–H groups in total. The van der Waals surface area contributed by atoms with E-state index in [4.69, 9.17) is 9.47 Å². The summed E-state index contributed by atoms with van der Waals surface area (Å²) in [6, 6.07) is 7.47. The lowest BCUT2D eigenvalue weighted by atomic mass is 9.91. The molecule has 1 aromatic rings. The zero-order valence-corrected chi connectivity index (χ0v) is 12.5. The highest BCUT2D eigenvalue weighted by Crippen LogP contribution is 2.24. The van der Waals surface area contributed by atoms with Crippen LogP contribution in [-0.4, -0.2) is 32.3 Å². The lowest BCUT2D eigenvalue weighted by Crippen LogP contribution is -2.40. The van der Waals surface area contributed by atoms with E-state index in [2.05, 4.69) is 21.2 Å². The van der Waals surface area contributed by atoms with Crippen LogP contribution >= 0.6 is 15.9 Å². The fourth-order valence-electron chi connectivity index (χ4n) is 2.30. The van der Waals surface area contributed by atoms with Crippen molar-refractivity contribution in [1.29, 1.82) is 0 Å². The van der Waals surface area contributed by atoms with E-state index in [1.54, 1.807) is 0 Å². The van der Waals surface area contributed by atoms with Crippen LogP contribution < -0.4 is 5.32 Å². The number of anilines is 1. The average molecular weight is 328 g/mol. The van der Waals surface area contributed by atoms with E-state index in [9.17, 15) is 4.79 Å². The quantitative estimate of drug-likeness (QED) is 0.864. The van der Waals surface area contributed by atoms with Crippen molar-refractivity contribution in [3.8, 4) is 0 Å². The van der Waals surface area contributed by atoms with E-state index in [-0.39, 0.29) is 17.9 Å². The predicted octanol–water partition coefficient (Wildman–Crippen LogP) is 2.83. The standard InChI is InChI=1S/C14H18BrNO3/c1-18-14(17)13(10-5-7-19-8-6-10)16-12-4-2-3-11(15)9-12/h2-4,9-10,13,16H,5-8H2,1H3. The molecular weight excluding hydrogens is 310 g/mol. The molecule has 0 saturated carbocycles. The first kappa shape index (κ1) is 14.3. The highest BCUT2D eigenvalue weighted by atomic mass is 79.9. The lowest BCUT2D eigenvalue weighted by molar-refractivity contribution is -0.143. The second-order valence-corrected chi connectivity index (χ2v) is 5.52. The molecule has 0 amide bonds. The van der Waals surface area contributed by atoms with Gasteiger partial charge in [-0.3, -0.25) is 0 Å². The van der Waals surface area contributed by atoms with Gasteiger partial charge in [-0.25, -0.2) is 4.79 Å². The Balaban J connectivity index is 2.11. The van der Waals surface area contributed by atoms with E-state index in [1.807, 2.05) is 24.3 Å². The molecule has 1 heterocycles. The smallest absolute Gasteiger partial charge is 0.328 e. The molecule has 1 aliphatic rings. The number of halogens is 1. The molecule has 4 nitrogen and oxygen atoms in total. The third-order valence-corrected chi connectivity index (χ3v) is 3.83. The van der Waals surface area contributed by atoms with E-state index in [1.165, 1.54) is 7.11 Å². The average Bonchev–Trinajstić information content (AvgIpc) is 2.45. The maximum Gasteiger partial charge on any atom is 0.328 e. The largest absolute Gasteiger partial charge is 0.467 e. The Morgan fingerprint density at radius 3 is 2.84 bits per heavy atom. The Kier molecular flexibility index (Phi) is 5.22. The van der Waals surface area contributed by atoms with Gasteiger partial charge in [0.15, 0.2) is 0 Å². The third-order valence-electron chi connectivity index (χ3n) is 3.34. The van der Waals surface area contributed by atoms with Crippen molar-refractivity contribution in [2.75, 3.05) is 25.6 Å². The van der Waals surface area contributed by atoms with E-state index in [0.29, 0.717) is 13.2 Å². The summed E-state index contributed by atoms with van der Waals surface area (Å²) in [5.41, 5.74) is 0.913. The topological polar surface area (TPSA) is 47.6 Å². The van der Waals surface area contributed by atoms with Gasteiger partial charge in [0.25, 0.3) is 0 Å². The molecule has 0 spiro atoms. The number of benzene rings is 1. The molecular formula is C14H18BrNO3.